The first-order valence-electron chi connectivity index (χ1n) is 6.78. The Morgan fingerprint density at radius 3 is 2.68 bits per heavy atom. The molecule has 2 rings (SSSR count). The Hall–Kier alpha value is -1.48. The molecular formula is C16H24N2O. The number of nitrogens with one attached hydrogen (secondary N) is 1. The average molecular weight is 260 g/mol. The Labute approximate surface area is 115 Å². The lowest BCUT2D eigenvalue weighted by atomic mass is 9.81. The molecule has 3 heteroatoms. The van der Waals surface area contributed by atoms with Crippen molar-refractivity contribution < 1.29 is 4.74 Å². The quantitative estimate of drug-likeness (QED) is 0.894. The highest BCUT2D eigenvalue weighted by Gasteiger charge is 2.26. The maximum atomic E-state index is 5.55. The standard InChI is InChI=1S/C16H24N2O/c1-16(2,9-10-17-3)12-11-18(4)13-7-6-8-14(19-5)15(12)13/h6-8,11,17H,9-10H2,1-5H3. The number of nitrogens with zero attached hydrogens (tertiary/aromatic N) is 1. The van der Waals surface area contributed by atoms with E-state index >= 15 is 0 Å². The molecule has 0 aliphatic heterocycles. The molecule has 104 valence electrons. The van der Waals surface area contributed by atoms with E-state index in [-0.39, 0.29) is 5.41 Å². The van der Waals surface area contributed by atoms with Crippen molar-refractivity contribution in [3.05, 3.63) is 30.0 Å². The Balaban J connectivity index is 2.60. The van der Waals surface area contributed by atoms with E-state index in [0.717, 1.165) is 18.7 Å². The van der Waals surface area contributed by atoms with Gasteiger partial charge in [-0.1, -0.05) is 19.9 Å². The summed E-state index contributed by atoms with van der Waals surface area (Å²) in [6.45, 7) is 5.61. The van der Waals surface area contributed by atoms with Crippen LogP contribution in [0.2, 0.25) is 0 Å². The summed E-state index contributed by atoms with van der Waals surface area (Å²) in [5, 5.41) is 4.48. The highest BCUT2D eigenvalue weighted by atomic mass is 16.5. The van der Waals surface area contributed by atoms with Gasteiger partial charge in [0, 0.05) is 18.6 Å². The van der Waals surface area contributed by atoms with Crippen molar-refractivity contribution in [2.45, 2.75) is 25.7 Å². The van der Waals surface area contributed by atoms with Gasteiger partial charge in [0.2, 0.25) is 0 Å². The van der Waals surface area contributed by atoms with Crippen LogP contribution in [0.1, 0.15) is 25.8 Å². The summed E-state index contributed by atoms with van der Waals surface area (Å²) >= 11 is 0. The fourth-order valence-corrected chi connectivity index (χ4v) is 2.67. The molecule has 1 heterocycles. The van der Waals surface area contributed by atoms with Crippen LogP contribution in [0.5, 0.6) is 5.75 Å². The molecular weight excluding hydrogens is 236 g/mol. The van der Waals surface area contributed by atoms with E-state index in [1.807, 2.05) is 19.2 Å². The zero-order valence-corrected chi connectivity index (χ0v) is 12.6. The Bertz CT molecular complexity index is 569. The zero-order chi connectivity index (χ0) is 14.0. The van der Waals surface area contributed by atoms with Gasteiger partial charge >= 0.3 is 0 Å². The lowest BCUT2D eigenvalue weighted by Gasteiger charge is -2.24. The van der Waals surface area contributed by atoms with Crippen molar-refractivity contribution in [2.75, 3.05) is 20.7 Å². The van der Waals surface area contributed by atoms with Crippen molar-refractivity contribution in [1.82, 2.24) is 9.88 Å². The third kappa shape index (κ3) is 2.47. The van der Waals surface area contributed by atoms with Gasteiger partial charge in [-0.3, -0.25) is 0 Å². The molecule has 3 nitrogen and oxygen atoms in total. The van der Waals surface area contributed by atoms with Crippen LogP contribution in [-0.4, -0.2) is 25.3 Å². The molecule has 1 aromatic heterocycles. The highest BCUT2D eigenvalue weighted by molar-refractivity contribution is 5.90. The molecule has 0 aliphatic carbocycles. The molecule has 0 amide bonds. The zero-order valence-electron chi connectivity index (χ0n) is 12.6. The molecule has 0 saturated carbocycles. The van der Waals surface area contributed by atoms with E-state index in [4.69, 9.17) is 4.74 Å². The predicted octanol–water partition coefficient (Wildman–Crippen LogP) is 3.07. The second kappa shape index (κ2) is 5.25. The van der Waals surface area contributed by atoms with E-state index in [9.17, 15) is 0 Å². The first kappa shape index (κ1) is 13.9. The minimum Gasteiger partial charge on any atom is -0.496 e. The summed E-state index contributed by atoms with van der Waals surface area (Å²) in [6.07, 6.45) is 3.34. The first-order valence-corrected chi connectivity index (χ1v) is 6.78. The highest BCUT2D eigenvalue weighted by Crippen LogP contribution is 2.38. The number of hydrogen-bond donors (Lipinski definition) is 1. The molecule has 1 N–H and O–H groups in total. The molecule has 0 radical (unpaired) electrons. The second-order valence-corrected chi connectivity index (χ2v) is 5.75. The summed E-state index contributed by atoms with van der Waals surface area (Å²) in [5.41, 5.74) is 2.71. The largest absolute Gasteiger partial charge is 0.496 e. The van der Waals surface area contributed by atoms with Gasteiger partial charge in [0.05, 0.1) is 12.6 Å². The van der Waals surface area contributed by atoms with E-state index < -0.39 is 0 Å². The van der Waals surface area contributed by atoms with Crippen molar-refractivity contribution in [3.8, 4) is 5.75 Å². The van der Waals surface area contributed by atoms with Crippen LogP contribution in [0.15, 0.2) is 24.4 Å². The minimum atomic E-state index is 0.122. The molecule has 0 spiro atoms. The third-order valence-electron chi connectivity index (χ3n) is 3.93. The van der Waals surface area contributed by atoms with Gasteiger partial charge in [0.25, 0.3) is 0 Å². The number of methoxy groups -OCH3 is 1. The van der Waals surface area contributed by atoms with Gasteiger partial charge in [-0.05, 0) is 43.1 Å². The van der Waals surface area contributed by atoms with Crippen LogP contribution in [0.4, 0.5) is 0 Å². The fraction of sp³-hybridized carbons (Fsp3) is 0.500. The van der Waals surface area contributed by atoms with Crippen molar-refractivity contribution in [2.24, 2.45) is 7.05 Å². The maximum absolute atomic E-state index is 5.55. The van der Waals surface area contributed by atoms with Crippen LogP contribution < -0.4 is 10.1 Å². The van der Waals surface area contributed by atoms with Crippen molar-refractivity contribution >= 4 is 10.9 Å². The van der Waals surface area contributed by atoms with Crippen molar-refractivity contribution in [3.63, 3.8) is 0 Å². The minimum absolute atomic E-state index is 0.122. The number of hydrogen-bond acceptors (Lipinski definition) is 2. The van der Waals surface area contributed by atoms with Crippen LogP contribution in [-0.2, 0) is 12.5 Å². The normalized spacial score (nSPS) is 12.1. The summed E-state index contributed by atoms with van der Waals surface area (Å²) < 4.78 is 7.74. The molecule has 0 saturated heterocycles. The summed E-state index contributed by atoms with van der Waals surface area (Å²) in [6, 6.07) is 6.24. The fourth-order valence-electron chi connectivity index (χ4n) is 2.67. The van der Waals surface area contributed by atoms with E-state index in [1.54, 1.807) is 7.11 Å². The summed E-state index contributed by atoms with van der Waals surface area (Å²) in [4.78, 5) is 0. The average Bonchev–Trinajstić information content (AvgIpc) is 2.75. The Morgan fingerprint density at radius 1 is 1.32 bits per heavy atom. The lowest BCUT2D eigenvalue weighted by molar-refractivity contribution is 0.417. The van der Waals surface area contributed by atoms with Gasteiger partial charge in [-0.15, -0.1) is 0 Å². The monoisotopic (exact) mass is 260 g/mol. The van der Waals surface area contributed by atoms with Gasteiger partial charge in [0.15, 0.2) is 0 Å². The summed E-state index contributed by atoms with van der Waals surface area (Å²) in [7, 11) is 5.84. The molecule has 0 unspecified atom stereocenters. The van der Waals surface area contributed by atoms with Gasteiger partial charge in [-0.2, -0.15) is 0 Å². The number of fused-ring (bicyclic) bond motifs is 1. The lowest BCUT2D eigenvalue weighted by Crippen LogP contribution is -2.23. The number of rotatable bonds is 5. The first-order chi connectivity index (χ1) is 9.01. The van der Waals surface area contributed by atoms with Crippen LogP contribution in [0, 0.1) is 0 Å². The van der Waals surface area contributed by atoms with Crippen LogP contribution in [0.25, 0.3) is 10.9 Å². The Morgan fingerprint density at radius 2 is 2.05 bits per heavy atom. The van der Waals surface area contributed by atoms with Crippen LogP contribution >= 0.6 is 0 Å². The molecule has 2 aromatic rings. The number of aromatic nitrogens is 1. The molecule has 0 fully saturated rings. The van der Waals surface area contributed by atoms with Gasteiger partial charge in [0.1, 0.15) is 5.75 Å². The predicted molar refractivity (Wildman–Crippen MR) is 81.0 cm³/mol. The topological polar surface area (TPSA) is 26.2 Å². The smallest absolute Gasteiger partial charge is 0.128 e. The number of benzene rings is 1. The third-order valence-corrected chi connectivity index (χ3v) is 3.93. The van der Waals surface area contributed by atoms with Crippen LogP contribution in [0.3, 0.4) is 0 Å². The number of aryl methyl sites for hydroxylation is 1. The van der Waals surface area contributed by atoms with Gasteiger partial charge < -0.3 is 14.6 Å². The van der Waals surface area contributed by atoms with Gasteiger partial charge in [-0.25, -0.2) is 0 Å². The molecule has 0 aliphatic rings. The molecule has 19 heavy (non-hydrogen) atoms. The van der Waals surface area contributed by atoms with E-state index in [2.05, 4.69) is 43.0 Å². The summed E-state index contributed by atoms with van der Waals surface area (Å²) in [5.74, 6) is 0.964. The Kier molecular flexibility index (Phi) is 3.85. The van der Waals surface area contributed by atoms with E-state index in [1.165, 1.54) is 16.5 Å². The SMILES string of the molecule is CNCCC(C)(C)c1cn(C)c2cccc(OC)c12. The molecule has 0 atom stereocenters. The second-order valence-electron chi connectivity index (χ2n) is 5.75. The number of ether oxygens (including phenoxy) is 1. The van der Waals surface area contributed by atoms with Crippen molar-refractivity contribution in [1.29, 1.82) is 0 Å². The maximum Gasteiger partial charge on any atom is 0.128 e. The molecule has 0 bridgehead atoms. The molecule has 1 aromatic carbocycles. The van der Waals surface area contributed by atoms with E-state index in [0.29, 0.717) is 0 Å².